The summed E-state index contributed by atoms with van der Waals surface area (Å²) in [5, 5.41) is 3.18. The monoisotopic (exact) mass is 268 g/mol. The number of nitrogens with zero attached hydrogens (tertiary/aromatic N) is 3. The van der Waals surface area contributed by atoms with Gasteiger partial charge in [0.2, 0.25) is 0 Å². The highest BCUT2D eigenvalue weighted by atomic mass is 32.1. The van der Waals surface area contributed by atoms with Crippen LogP contribution in [-0.2, 0) is 13.1 Å². The molecule has 1 aromatic rings. The van der Waals surface area contributed by atoms with E-state index in [2.05, 4.69) is 34.1 Å². The molecule has 0 saturated carbocycles. The number of likely N-dealkylation sites (tertiary alicyclic amines) is 1. The molecule has 0 bridgehead atoms. The van der Waals surface area contributed by atoms with Crippen LogP contribution in [0, 0.1) is 0 Å². The van der Waals surface area contributed by atoms with Crippen molar-refractivity contribution in [2.75, 3.05) is 26.7 Å². The van der Waals surface area contributed by atoms with Crippen molar-refractivity contribution in [3.8, 4) is 0 Å². The Balaban J connectivity index is 1.82. The summed E-state index contributed by atoms with van der Waals surface area (Å²) in [7, 11) is 2.22. The van der Waals surface area contributed by atoms with E-state index in [0.29, 0.717) is 12.6 Å². The van der Waals surface area contributed by atoms with Crippen LogP contribution in [0.25, 0.3) is 0 Å². The Hall–Kier alpha value is -0.490. The predicted octanol–water partition coefficient (Wildman–Crippen LogP) is 1.52. The number of aromatic nitrogens is 1. The lowest BCUT2D eigenvalue weighted by atomic mass is 10.0. The molecule has 0 unspecified atom stereocenters. The third-order valence-electron chi connectivity index (χ3n) is 3.81. The first kappa shape index (κ1) is 13.9. The lowest BCUT2D eigenvalue weighted by Crippen LogP contribution is -2.42. The Bertz CT molecular complexity index is 358. The summed E-state index contributed by atoms with van der Waals surface area (Å²) in [5.41, 5.74) is 6.76. The predicted molar refractivity (Wildman–Crippen MR) is 76.6 cm³/mol. The van der Waals surface area contributed by atoms with Gasteiger partial charge in [-0.1, -0.05) is 6.92 Å². The van der Waals surface area contributed by atoms with E-state index in [1.165, 1.54) is 38.2 Å². The van der Waals surface area contributed by atoms with Crippen molar-refractivity contribution < 1.29 is 0 Å². The second-order valence-electron chi connectivity index (χ2n) is 5.02. The zero-order chi connectivity index (χ0) is 13.0. The second-order valence-corrected chi connectivity index (χ2v) is 5.96. The van der Waals surface area contributed by atoms with E-state index in [4.69, 9.17) is 5.73 Å². The molecule has 2 rings (SSSR count). The molecule has 1 aliphatic rings. The van der Waals surface area contributed by atoms with Crippen LogP contribution in [0.3, 0.4) is 0 Å². The van der Waals surface area contributed by atoms with Gasteiger partial charge in [-0.3, -0.25) is 4.90 Å². The van der Waals surface area contributed by atoms with Gasteiger partial charge in [-0.05, 0) is 39.5 Å². The van der Waals surface area contributed by atoms with Gasteiger partial charge in [-0.25, -0.2) is 4.98 Å². The average Bonchev–Trinajstić information content (AvgIpc) is 2.86. The van der Waals surface area contributed by atoms with Crippen molar-refractivity contribution >= 4 is 11.3 Å². The largest absolute Gasteiger partial charge is 0.325 e. The molecule has 1 aliphatic heterocycles. The van der Waals surface area contributed by atoms with Crippen LogP contribution < -0.4 is 5.73 Å². The highest BCUT2D eigenvalue weighted by Gasteiger charge is 2.21. The van der Waals surface area contributed by atoms with Gasteiger partial charge in [0.1, 0.15) is 5.01 Å². The van der Waals surface area contributed by atoms with Gasteiger partial charge in [-0.15, -0.1) is 11.3 Å². The first-order valence-electron chi connectivity index (χ1n) is 6.78. The van der Waals surface area contributed by atoms with Crippen molar-refractivity contribution in [2.24, 2.45) is 5.73 Å². The maximum Gasteiger partial charge on any atom is 0.106 e. The summed E-state index contributed by atoms with van der Waals surface area (Å²) in [6.45, 7) is 7.40. The number of hydrogen-bond donors (Lipinski definition) is 1. The summed E-state index contributed by atoms with van der Waals surface area (Å²) in [4.78, 5) is 9.51. The third kappa shape index (κ3) is 3.51. The SMILES string of the molecule is CCN1CCC(N(C)Cc2csc(CN)n2)CC1. The Morgan fingerprint density at radius 1 is 1.50 bits per heavy atom. The molecule has 0 atom stereocenters. The molecular formula is C13H24N4S. The Morgan fingerprint density at radius 2 is 2.22 bits per heavy atom. The van der Waals surface area contributed by atoms with Gasteiger partial charge in [0.15, 0.2) is 0 Å². The fraction of sp³-hybridized carbons (Fsp3) is 0.769. The van der Waals surface area contributed by atoms with Crippen molar-refractivity contribution in [2.45, 2.75) is 38.9 Å². The van der Waals surface area contributed by atoms with E-state index in [9.17, 15) is 0 Å². The number of thiazole rings is 1. The summed E-state index contributed by atoms with van der Waals surface area (Å²) in [6.07, 6.45) is 2.55. The van der Waals surface area contributed by atoms with Gasteiger partial charge >= 0.3 is 0 Å². The molecule has 1 saturated heterocycles. The third-order valence-corrected chi connectivity index (χ3v) is 4.73. The first-order valence-corrected chi connectivity index (χ1v) is 7.66. The number of rotatable bonds is 5. The van der Waals surface area contributed by atoms with E-state index in [-0.39, 0.29) is 0 Å². The van der Waals surface area contributed by atoms with Crippen LogP contribution in [0.5, 0.6) is 0 Å². The average molecular weight is 268 g/mol. The molecule has 0 radical (unpaired) electrons. The molecule has 0 amide bonds. The first-order chi connectivity index (χ1) is 8.72. The summed E-state index contributed by atoms with van der Waals surface area (Å²) in [5.74, 6) is 0. The quantitative estimate of drug-likeness (QED) is 0.879. The maximum atomic E-state index is 5.60. The van der Waals surface area contributed by atoms with Crippen LogP contribution in [-0.4, -0.2) is 47.5 Å². The zero-order valence-electron chi connectivity index (χ0n) is 11.4. The van der Waals surface area contributed by atoms with Crippen LogP contribution in [0.2, 0.25) is 0 Å². The smallest absolute Gasteiger partial charge is 0.106 e. The van der Waals surface area contributed by atoms with E-state index < -0.39 is 0 Å². The van der Waals surface area contributed by atoms with Crippen LogP contribution in [0.15, 0.2) is 5.38 Å². The lowest BCUT2D eigenvalue weighted by molar-refractivity contribution is 0.126. The highest BCUT2D eigenvalue weighted by Crippen LogP contribution is 2.18. The highest BCUT2D eigenvalue weighted by molar-refractivity contribution is 7.09. The van der Waals surface area contributed by atoms with Gasteiger partial charge in [0.05, 0.1) is 5.69 Å². The van der Waals surface area contributed by atoms with Gasteiger partial charge in [-0.2, -0.15) is 0 Å². The Labute approximate surface area is 114 Å². The Kier molecular flexibility index (Phi) is 5.12. The summed E-state index contributed by atoms with van der Waals surface area (Å²) in [6, 6.07) is 0.704. The van der Waals surface area contributed by atoms with Gasteiger partial charge < -0.3 is 10.6 Å². The molecule has 2 heterocycles. The van der Waals surface area contributed by atoms with Crippen molar-refractivity contribution in [3.05, 3.63) is 16.1 Å². The second kappa shape index (κ2) is 6.61. The zero-order valence-corrected chi connectivity index (χ0v) is 12.2. The normalized spacial score (nSPS) is 18.7. The molecule has 102 valence electrons. The minimum Gasteiger partial charge on any atom is -0.325 e. The van der Waals surface area contributed by atoms with Crippen molar-refractivity contribution in [1.29, 1.82) is 0 Å². The number of piperidine rings is 1. The van der Waals surface area contributed by atoms with E-state index in [0.717, 1.165) is 11.6 Å². The Morgan fingerprint density at radius 3 is 2.78 bits per heavy atom. The molecule has 18 heavy (non-hydrogen) atoms. The van der Waals surface area contributed by atoms with Crippen molar-refractivity contribution in [1.82, 2.24) is 14.8 Å². The standard InChI is InChI=1S/C13H24N4S/c1-3-17-6-4-12(5-7-17)16(2)9-11-10-18-13(8-14)15-11/h10,12H,3-9,14H2,1-2H3. The van der Waals surface area contributed by atoms with Crippen LogP contribution in [0.4, 0.5) is 0 Å². The van der Waals surface area contributed by atoms with E-state index >= 15 is 0 Å². The minimum absolute atomic E-state index is 0.559. The topological polar surface area (TPSA) is 45.4 Å². The van der Waals surface area contributed by atoms with Crippen molar-refractivity contribution in [3.63, 3.8) is 0 Å². The van der Waals surface area contributed by atoms with Crippen LogP contribution >= 0.6 is 11.3 Å². The lowest BCUT2D eigenvalue weighted by Gasteiger charge is -2.36. The molecule has 0 spiro atoms. The molecule has 0 aromatic carbocycles. The molecule has 1 fully saturated rings. The molecule has 5 heteroatoms. The fourth-order valence-corrected chi connectivity index (χ4v) is 3.24. The summed E-state index contributed by atoms with van der Waals surface area (Å²) >= 11 is 1.67. The molecule has 2 N–H and O–H groups in total. The summed E-state index contributed by atoms with van der Waals surface area (Å²) < 4.78 is 0. The van der Waals surface area contributed by atoms with E-state index in [1.807, 2.05) is 0 Å². The number of hydrogen-bond acceptors (Lipinski definition) is 5. The molecule has 1 aromatic heterocycles. The van der Waals surface area contributed by atoms with Gasteiger partial charge in [0, 0.05) is 24.5 Å². The molecule has 0 aliphatic carbocycles. The molecule has 4 nitrogen and oxygen atoms in total. The number of nitrogens with two attached hydrogens (primary N) is 1. The molecular weight excluding hydrogens is 244 g/mol. The minimum atomic E-state index is 0.559. The van der Waals surface area contributed by atoms with Gasteiger partial charge in [0.25, 0.3) is 0 Å². The maximum absolute atomic E-state index is 5.60. The fourth-order valence-electron chi connectivity index (χ4n) is 2.58. The van der Waals surface area contributed by atoms with Crippen LogP contribution in [0.1, 0.15) is 30.5 Å². The van der Waals surface area contributed by atoms with E-state index in [1.54, 1.807) is 11.3 Å².